The van der Waals surface area contributed by atoms with Crippen molar-refractivity contribution < 1.29 is 28.4 Å². The van der Waals surface area contributed by atoms with Gasteiger partial charge in [0.1, 0.15) is 5.75 Å². The Morgan fingerprint density at radius 3 is 2.46 bits per heavy atom. The van der Waals surface area contributed by atoms with Crippen LogP contribution in [0.4, 0.5) is 5.69 Å². The number of imide groups is 1. The number of benzene rings is 1. The van der Waals surface area contributed by atoms with Gasteiger partial charge in [-0.1, -0.05) is 0 Å². The van der Waals surface area contributed by atoms with E-state index in [4.69, 9.17) is 9.15 Å². The lowest BCUT2D eigenvalue weighted by atomic mass is 10.1. The Morgan fingerprint density at radius 2 is 1.86 bits per heavy atom. The van der Waals surface area contributed by atoms with Crippen LogP contribution in [-0.4, -0.2) is 62.0 Å². The zero-order valence-corrected chi connectivity index (χ0v) is 15.6. The minimum atomic E-state index is -0.407. The molecule has 0 radical (unpaired) electrons. The Hall–Kier alpha value is -3.13. The molecule has 0 unspecified atom stereocenters. The molecule has 28 heavy (non-hydrogen) atoms. The third-order valence-corrected chi connectivity index (χ3v) is 5.39. The van der Waals surface area contributed by atoms with Crippen molar-refractivity contribution in [2.45, 2.75) is 12.5 Å². The lowest BCUT2D eigenvalue weighted by molar-refractivity contribution is -0.918. The quantitative estimate of drug-likeness (QED) is 0.748. The van der Waals surface area contributed by atoms with Gasteiger partial charge in [0.25, 0.3) is 11.8 Å². The molecular weight excluding hydrogens is 362 g/mol. The van der Waals surface area contributed by atoms with E-state index in [1.165, 1.54) is 11.2 Å². The van der Waals surface area contributed by atoms with E-state index < -0.39 is 6.04 Å². The molecule has 2 aromatic rings. The fourth-order valence-electron chi connectivity index (χ4n) is 3.86. The summed E-state index contributed by atoms with van der Waals surface area (Å²) in [5, 5.41) is 0. The smallest absolute Gasteiger partial charge is 0.292 e. The van der Waals surface area contributed by atoms with Gasteiger partial charge in [0.2, 0.25) is 5.91 Å². The molecule has 4 rings (SSSR count). The molecule has 8 nitrogen and oxygen atoms in total. The van der Waals surface area contributed by atoms with E-state index in [2.05, 4.69) is 0 Å². The van der Waals surface area contributed by atoms with Crippen LogP contribution in [0.3, 0.4) is 0 Å². The maximum Gasteiger partial charge on any atom is 0.292 e. The van der Waals surface area contributed by atoms with Crippen LogP contribution in [0.15, 0.2) is 47.1 Å². The van der Waals surface area contributed by atoms with E-state index in [-0.39, 0.29) is 24.1 Å². The number of hydrogen-bond acceptors (Lipinski definition) is 5. The first kappa shape index (κ1) is 18.2. The highest BCUT2D eigenvalue weighted by Crippen LogP contribution is 2.24. The van der Waals surface area contributed by atoms with Crippen molar-refractivity contribution >= 4 is 23.4 Å². The number of carbonyl (C=O) groups is 3. The van der Waals surface area contributed by atoms with Crippen molar-refractivity contribution in [3.8, 4) is 5.75 Å². The number of amides is 3. The second-order valence-corrected chi connectivity index (χ2v) is 6.95. The zero-order chi connectivity index (χ0) is 19.7. The lowest BCUT2D eigenvalue weighted by Gasteiger charge is -2.34. The summed E-state index contributed by atoms with van der Waals surface area (Å²) in [7, 11) is 1.57. The van der Waals surface area contributed by atoms with Crippen molar-refractivity contribution in [1.29, 1.82) is 0 Å². The van der Waals surface area contributed by atoms with Gasteiger partial charge in [0.15, 0.2) is 11.8 Å². The highest BCUT2D eigenvalue weighted by molar-refractivity contribution is 6.21. The monoisotopic (exact) mass is 384 g/mol. The molecule has 1 aromatic carbocycles. The predicted octanol–water partition coefficient (Wildman–Crippen LogP) is -0.0390. The summed E-state index contributed by atoms with van der Waals surface area (Å²) < 4.78 is 10.3. The SMILES string of the molecule is COc1ccc(N2C(=O)C[C@@H]([NH+]3CCN(C(=O)c4ccco4)CC3)C2=O)cc1. The minimum Gasteiger partial charge on any atom is -0.497 e. The number of furan rings is 1. The van der Waals surface area contributed by atoms with Crippen LogP contribution < -0.4 is 14.5 Å². The lowest BCUT2D eigenvalue weighted by Crippen LogP contribution is -3.19. The second kappa shape index (κ2) is 7.47. The first-order chi connectivity index (χ1) is 13.6. The Bertz CT molecular complexity index is 870. The molecule has 0 aliphatic carbocycles. The van der Waals surface area contributed by atoms with Gasteiger partial charge in [0, 0.05) is 0 Å². The molecule has 146 valence electrons. The number of rotatable bonds is 4. The Balaban J connectivity index is 1.41. The normalized spacial score (nSPS) is 20.7. The first-order valence-corrected chi connectivity index (χ1v) is 9.26. The fraction of sp³-hybridized carbons (Fsp3) is 0.350. The summed E-state index contributed by atoms with van der Waals surface area (Å²) in [4.78, 5) is 41.8. The summed E-state index contributed by atoms with van der Waals surface area (Å²) in [5.74, 6) is 0.471. The van der Waals surface area contributed by atoms with E-state index in [0.717, 1.165) is 4.90 Å². The maximum absolute atomic E-state index is 12.9. The van der Waals surface area contributed by atoms with Gasteiger partial charge in [-0.15, -0.1) is 0 Å². The highest BCUT2D eigenvalue weighted by atomic mass is 16.5. The van der Waals surface area contributed by atoms with Crippen molar-refractivity contribution in [2.75, 3.05) is 38.2 Å². The predicted molar refractivity (Wildman–Crippen MR) is 99.2 cm³/mol. The molecule has 0 bridgehead atoms. The van der Waals surface area contributed by atoms with E-state index in [0.29, 0.717) is 43.4 Å². The van der Waals surface area contributed by atoms with Crippen LogP contribution >= 0.6 is 0 Å². The van der Waals surface area contributed by atoms with Gasteiger partial charge >= 0.3 is 0 Å². The summed E-state index contributed by atoms with van der Waals surface area (Å²) in [5.41, 5.74) is 0.560. The Labute approximate surface area is 162 Å². The van der Waals surface area contributed by atoms with E-state index in [1.54, 1.807) is 48.4 Å². The Kier molecular flexibility index (Phi) is 4.87. The zero-order valence-electron chi connectivity index (χ0n) is 15.6. The molecule has 1 atom stereocenters. The number of ether oxygens (including phenoxy) is 1. The molecule has 3 amide bonds. The van der Waals surface area contributed by atoms with Gasteiger partial charge in [0.05, 0.1) is 51.7 Å². The standard InChI is InChI=1S/C20H21N3O5/c1-27-15-6-4-14(5-7-15)23-18(24)13-16(19(23)25)21-8-10-22(11-9-21)20(26)17-3-2-12-28-17/h2-7,12,16H,8-11,13H2,1H3/p+1/t16-/m1/s1. The van der Waals surface area contributed by atoms with Crippen LogP contribution in [0, 0.1) is 0 Å². The van der Waals surface area contributed by atoms with Crippen molar-refractivity contribution in [3.63, 3.8) is 0 Å². The topological polar surface area (TPSA) is 84.5 Å². The van der Waals surface area contributed by atoms with Crippen molar-refractivity contribution in [1.82, 2.24) is 4.90 Å². The number of quaternary nitrogens is 1. The third kappa shape index (κ3) is 3.27. The number of methoxy groups -OCH3 is 1. The molecule has 8 heteroatoms. The number of anilines is 1. The average Bonchev–Trinajstić information content (AvgIpc) is 3.36. The maximum atomic E-state index is 12.9. The second-order valence-electron chi connectivity index (χ2n) is 6.95. The molecule has 1 aromatic heterocycles. The van der Waals surface area contributed by atoms with Gasteiger partial charge in [-0.05, 0) is 36.4 Å². The molecule has 2 aliphatic rings. The minimum absolute atomic E-state index is 0.141. The van der Waals surface area contributed by atoms with Crippen molar-refractivity contribution in [2.24, 2.45) is 0 Å². The summed E-state index contributed by atoms with van der Waals surface area (Å²) in [6.45, 7) is 2.28. The van der Waals surface area contributed by atoms with E-state index in [1.807, 2.05) is 0 Å². The average molecular weight is 384 g/mol. The largest absolute Gasteiger partial charge is 0.497 e. The van der Waals surface area contributed by atoms with E-state index >= 15 is 0 Å². The summed E-state index contributed by atoms with van der Waals surface area (Å²) in [6, 6.07) is 9.82. The van der Waals surface area contributed by atoms with Gasteiger partial charge < -0.3 is 19.0 Å². The number of piperazine rings is 1. The summed E-state index contributed by atoms with van der Waals surface area (Å²) >= 11 is 0. The molecule has 1 N–H and O–H groups in total. The molecule has 2 aliphatic heterocycles. The van der Waals surface area contributed by atoms with Crippen LogP contribution in [-0.2, 0) is 9.59 Å². The van der Waals surface area contributed by atoms with Crippen LogP contribution in [0.5, 0.6) is 5.75 Å². The number of hydrogen-bond donors (Lipinski definition) is 1. The Morgan fingerprint density at radius 1 is 1.14 bits per heavy atom. The first-order valence-electron chi connectivity index (χ1n) is 9.26. The van der Waals surface area contributed by atoms with Crippen LogP contribution in [0.1, 0.15) is 17.0 Å². The van der Waals surface area contributed by atoms with Gasteiger partial charge in [-0.2, -0.15) is 0 Å². The number of nitrogens with zero attached hydrogens (tertiary/aromatic N) is 2. The number of carbonyl (C=O) groups excluding carboxylic acids is 3. The summed E-state index contributed by atoms with van der Waals surface area (Å²) in [6.07, 6.45) is 1.66. The molecule has 0 spiro atoms. The van der Waals surface area contributed by atoms with Crippen LogP contribution in [0.25, 0.3) is 0 Å². The molecule has 2 saturated heterocycles. The third-order valence-electron chi connectivity index (χ3n) is 5.39. The molecule has 3 heterocycles. The highest BCUT2D eigenvalue weighted by Gasteiger charge is 2.46. The molecular formula is C20H22N3O5+. The number of nitrogens with one attached hydrogen (secondary N) is 1. The van der Waals surface area contributed by atoms with Crippen molar-refractivity contribution in [3.05, 3.63) is 48.4 Å². The van der Waals surface area contributed by atoms with Gasteiger partial charge in [-0.3, -0.25) is 14.4 Å². The fourth-order valence-corrected chi connectivity index (χ4v) is 3.86. The molecule has 0 saturated carbocycles. The van der Waals surface area contributed by atoms with Gasteiger partial charge in [-0.25, -0.2) is 4.90 Å². The van der Waals surface area contributed by atoms with E-state index in [9.17, 15) is 14.4 Å². The van der Waals surface area contributed by atoms with Crippen LogP contribution in [0.2, 0.25) is 0 Å². The molecule has 2 fully saturated rings.